The molecule has 0 aromatic rings. The van der Waals surface area contributed by atoms with Crippen LogP contribution in [0.15, 0.2) is 0 Å². The highest BCUT2D eigenvalue weighted by Gasteiger charge is 2.34. The van der Waals surface area contributed by atoms with Crippen LogP contribution in [-0.4, -0.2) is 58.0 Å². The Bertz CT molecular complexity index is 441. The first kappa shape index (κ1) is 22.5. The van der Waals surface area contributed by atoms with Crippen LogP contribution in [0.4, 0.5) is 0 Å². The van der Waals surface area contributed by atoms with Crippen LogP contribution in [0.3, 0.4) is 0 Å². The zero-order valence-electron chi connectivity index (χ0n) is 18.3. The topological polar surface area (TPSA) is 46.2 Å². The first-order valence-corrected chi connectivity index (χ1v) is 11.7. The van der Waals surface area contributed by atoms with E-state index in [2.05, 4.69) is 21.7 Å². The molecule has 5 unspecified atom stereocenters. The molecule has 3 heterocycles. The molecule has 0 spiro atoms. The summed E-state index contributed by atoms with van der Waals surface area (Å²) in [5.74, 6) is 0.571. The fraction of sp³-hybridized carbons (Fsp3) is 1.00. The van der Waals surface area contributed by atoms with Crippen molar-refractivity contribution in [2.45, 2.75) is 115 Å². The van der Waals surface area contributed by atoms with E-state index in [-0.39, 0.29) is 24.2 Å². The molecule has 28 heavy (non-hydrogen) atoms. The molecule has 0 amide bonds. The Balaban J connectivity index is 1.44. The van der Waals surface area contributed by atoms with Crippen LogP contribution >= 0.6 is 0 Å². The molecule has 3 fully saturated rings. The molecule has 5 atom stereocenters. The van der Waals surface area contributed by atoms with Gasteiger partial charge in [0.05, 0.1) is 18.8 Å². The van der Waals surface area contributed by atoms with Crippen molar-refractivity contribution in [3.63, 3.8) is 0 Å². The Hall–Kier alpha value is -0.135. The Morgan fingerprint density at radius 3 is 2.46 bits per heavy atom. The standard InChI is InChI=1S/C22H41BO5/c1-17(2)19-9-8-18(11-15-24-19)27-20-10-12-22(23,13-16-26-20)28-21-7-5-3-4-6-14-25-21/h17-21H,3-16,23H2,1-2H3. The maximum Gasteiger partial charge on any atom is 0.158 e. The molecule has 3 aliphatic rings. The highest BCUT2D eigenvalue weighted by atomic mass is 16.7. The highest BCUT2D eigenvalue weighted by molar-refractivity contribution is 6.14. The van der Waals surface area contributed by atoms with Crippen LogP contribution in [0.2, 0.25) is 0 Å². The minimum Gasteiger partial charge on any atom is -0.378 e. The fourth-order valence-corrected chi connectivity index (χ4v) is 4.54. The minimum absolute atomic E-state index is 0.0604. The van der Waals surface area contributed by atoms with Crippen LogP contribution in [0.5, 0.6) is 0 Å². The van der Waals surface area contributed by atoms with Gasteiger partial charge in [-0.25, -0.2) is 0 Å². The van der Waals surface area contributed by atoms with E-state index in [9.17, 15) is 0 Å². The Labute approximate surface area is 172 Å². The summed E-state index contributed by atoms with van der Waals surface area (Å²) < 4.78 is 30.8. The summed E-state index contributed by atoms with van der Waals surface area (Å²) in [5, 5.41) is 0. The quantitative estimate of drug-likeness (QED) is 0.662. The fourth-order valence-electron chi connectivity index (χ4n) is 4.54. The normalized spacial score (nSPS) is 39.0. The second kappa shape index (κ2) is 11.3. The van der Waals surface area contributed by atoms with Gasteiger partial charge in [0.15, 0.2) is 12.6 Å². The lowest BCUT2D eigenvalue weighted by atomic mass is 9.75. The van der Waals surface area contributed by atoms with E-state index in [1.54, 1.807) is 0 Å². The maximum atomic E-state index is 6.46. The summed E-state index contributed by atoms with van der Waals surface area (Å²) in [4.78, 5) is 0. The molecule has 0 aliphatic carbocycles. The van der Waals surface area contributed by atoms with Gasteiger partial charge in [0.1, 0.15) is 7.85 Å². The van der Waals surface area contributed by atoms with Crippen molar-refractivity contribution in [3.05, 3.63) is 0 Å². The van der Waals surface area contributed by atoms with Gasteiger partial charge in [-0.05, 0) is 57.3 Å². The van der Waals surface area contributed by atoms with E-state index in [0.717, 1.165) is 64.6 Å². The van der Waals surface area contributed by atoms with Crippen LogP contribution < -0.4 is 0 Å². The predicted octanol–water partition coefficient (Wildman–Crippen LogP) is 3.78. The smallest absolute Gasteiger partial charge is 0.158 e. The van der Waals surface area contributed by atoms with Gasteiger partial charge in [-0.3, -0.25) is 0 Å². The molecule has 3 rings (SSSR count). The van der Waals surface area contributed by atoms with E-state index >= 15 is 0 Å². The SMILES string of the molecule is BC1(OC2CCCCCCO2)CCOC(OC2CCOC(C(C)C)CC2)CC1. The third kappa shape index (κ3) is 7.28. The molecule has 5 nitrogen and oxygen atoms in total. The molecule has 0 N–H and O–H groups in total. The molecule has 0 radical (unpaired) electrons. The summed E-state index contributed by atoms with van der Waals surface area (Å²) in [6.07, 6.45) is 12.2. The molecule has 3 aliphatic heterocycles. The van der Waals surface area contributed by atoms with Gasteiger partial charge in [-0.1, -0.05) is 26.7 Å². The average molecular weight is 396 g/mol. The minimum atomic E-state index is -0.183. The van der Waals surface area contributed by atoms with Gasteiger partial charge in [0.25, 0.3) is 0 Å². The third-order valence-electron chi connectivity index (χ3n) is 6.53. The first-order valence-electron chi connectivity index (χ1n) is 11.7. The van der Waals surface area contributed by atoms with Crippen LogP contribution in [0, 0.1) is 5.92 Å². The lowest BCUT2D eigenvalue weighted by molar-refractivity contribution is -0.194. The van der Waals surface area contributed by atoms with Gasteiger partial charge >= 0.3 is 0 Å². The molecule has 0 aromatic heterocycles. The van der Waals surface area contributed by atoms with E-state index < -0.39 is 0 Å². The van der Waals surface area contributed by atoms with Gasteiger partial charge in [-0.2, -0.15) is 0 Å². The molecule has 6 heteroatoms. The van der Waals surface area contributed by atoms with Crippen LogP contribution in [-0.2, 0) is 23.7 Å². The van der Waals surface area contributed by atoms with Gasteiger partial charge in [0.2, 0.25) is 0 Å². The first-order chi connectivity index (χ1) is 13.5. The van der Waals surface area contributed by atoms with Crippen molar-refractivity contribution in [1.82, 2.24) is 0 Å². The van der Waals surface area contributed by atoms with Crippen molar-refractivity contribution in [2.75, 3.05) is 19.8 Å². The summed E-state index contributed by atoms with van der Waals surface area (Å²) in [6, 6.07) is 0. The zero-order chi connectivity index (χ0) is 19.8. The van der Waals surface area contributed by atoms with Crippen molar-refractivity contribution in [3.8, 4) is 0 Å². The second-order valence-electron chi connectivity index (χ2n) is 9.44. The lowest BCUT2D eigenvalue weighted by Crippen LogP contribution is -2.39. The van der Waals surface area contributed by atoms with Crippen molar-refractivity contribution < 1.29 is 23.7 Å². The summed E-state index contributed by atoms with van der Waals surface area (Å²) in [5.41, 5.74) is -0.183. The summed E-state index contributed by atoms with van der Waals surface area (Å²) in [7, 11) is 2.22. The molecular weight excluding hydrogens is 355 g/mol. The Morgan fingerprint density at radius 2 is 1.61 bits per heavy atom. The van der Waals surface area contributed by atoms with E-state index in [1.807, 2.05) is 0 Å². The Kier molecular flexibility index (Phi) is 9.11. The molecule has 3 saturated heterocycles. The van der Waals surface area contributed by atoms with Crippen molar-refractivity contribution in [2.24, 2.45) is 5.92 Å². The van der Waals surface area contributed by atoms with E-state index in [1.165, 1.54) is 19.3 Å². The van der Waals surface area contributed by atoms with Gasteiger partial charge in [0, 0.05) is 25.1 Å². The summed E-state index contributed by atoms with van der Waals surface area (Å²) in [6.45, 7) is 6.78. The van der Waals surface area contributed by atoms with E-state index in [0.29, 0.717) is 18.6 Å². The largest absolute Gasteiger partial charge is 0.378 e. The Morgan fingerprint density at radius 1 is 0.786 bits per heavy atom. The van der Waals surface area contributed by atoms with Crippen LogP contribution in [0.25, 0.3) is 0 Å². The monoisotopic (exact) mass is 396 g/mol. The average Bonchev–Trinajstić information content (AvgIpc) is 2.97. The molecule has 0 saturated carbocycles. The zero-order valence-corrected chi connectivity index (χ0v) is 18.3. The van der Waals surface area contributed by atoms with Crippen molar-refractivity contribution >= 4 is 7.85 Å². The van der Waals surface area contributed by atoms with Crippen molar-refractivity contribution in [1.29, 1.82) is 0 Å². The number of hydrogen-bond donors (Lipinski definition) is 0. The predicted molar refractivity (Wildman–Crippen MR) is 112 cm³/mol. The number of ether oxygens (including phenoxy) is 5. The summed E-state index contributed by atoms with van der Waals surface area (Å²) >= 11 is 0. The number of hydrogen-bond acceptors (Lipinski definition) is 5. The third-order valence-corrected chi connectivity index (χ3v) is 6.53. The number of rotatable bonds is 5. The lowest BCUT2D eigenvalue weighted by Gasteiger charge is -2.34. The highest BCUT2D eigenvalue weighted by Crippen LogP contribution is 2.30. The second-order valence-corrected chi connectivity index (χ2v) is 9.44. The molecule has 0 bridgehead atoms. The van der Waals surface area contributed by atoms with Gasteiger partial charge < -0.3 is 23.7 Å². The molecule has 0 aromatic carbocycles. The van der Waals surface area contributed by atoms with E-state index in [4.69, 9.17) is 23.7 Å². The van der Waals surface area contributed by atoms with Crippen LogP contribution in [0.1, 0.15) is 84.5 Å². The van der Waals surface area contributed by atoms with Gasteiger partial charge in [-0.15, -0.1) is 0 Å². The maximum absolute atomic E-state index is 6.46. The molecular formula is C22H41BO5. The molecule has 162 valence electrons.